The highest BCUT2D eigenvalue weighted by Gasteiger charge is 2.13. The number of hydrogen-bond acceptors (Lipinski definition) is 5. The van der Waals surface area contributed by atoms with Gasteiger partial charge in [0.05, 0.1) is 9.95 Å². The molecular weight excluding hydrogens is 340 g/mol. The van der Waals surface area contributed by atoms with Crippen molar-refractivity contribution < 1.29 is 4.92 Å². The molecule has 0 aliphatic carbocycles. The zero-order valence-corrected chi connectivity index (χ0v) is 13.7. The summed E-state index contributed by atoms with van der Waals surface area (Å²) in [6, 6.07) is 12.2. The van der Waals surface area contributed by atoms with Crippen LogP contribution in [0.1, 0.15) is 11.1 Å². The minimum absolute atomic E-state index is 0.0755. The van der Waals surface area contributed by atoms with Gasteiger partial charge in [0.15, 0.2) is 0 Å². The lowest BCUT2D eigenvalue weighted by molar-refractivity contribution is -0.384. The Labute approximate surface area is 149 Å². The second-order valence-corrected chi connectivity index (χ2v) is 5.58. The van der Waals surface area contributed by atoms with E-state index in [1.165, 1.54) is 18.3 Å². The Hall–Kier alpha value is -3.25. The Morgan fingerprint density at radius 2 is 1.92 bits per heavy atom. The quantitative estimate of drug-likeness (QED) is 0.519. The van der Waals surface area contributed by atoms with Crippen LogP contribution in [0.2, 0.25) is 5.02 Å². The summed E-state index contributed by atoms with van der Waals surface area (Å²) in [5.74, 6) is 0.202. The topological polar surface area (TPSA) is 81.0 Å². The lowest BCUT2D eigenvalue weighted by Crippen LogP contribution is -1.99. The maximum Gasteiger partial charge on any atom is 0.311 e. The van der Waals surface area contributed by atoms with Crippen molar-refractivity contribution in [2.45, 2.75) is 0 Å². The number of nitrogens with one attached hydrogen (secondary N) is 1. The van der Waals surface area contributed by atoms with Crippen LogP contribution in [-0.2, 0) is 0 Å². The first-order chi connectivity index (χ1) is 12.1. The summed E-state index contributed by atoms with van der Waals surface area (Å²) in [6.07, 6.45) is 8.59. The normalized spacial score (nSPS) is 10.8. The van der Waals surface area contributed by atoms with E-state index in [4.69, 9.17) is 11.6 Å². The van der Waals surface area contributed by atoms with Crippen molar-refractivity contribution in [1.29, 1.82) is 0 Å². The van der Waals surface area contributed by atoms with E-state index in [0.29, 0.717) is 10.7 Å². The number of nitro groups is 1. The third kappa shape index (κ3) is 4.39. The fourth-order valence-electron chi connectivity index (χ4n) is 2.21. The van der Waals surface area contributed by atoms with Crippen LogP contribution >= 0.6 is 11.6 Å². The van der Waals surface area contributed by atoms with Crippen molar-refractivity contribution >= 4 is 40.9 Å². The predicted molar refractivity (Wildman–Crippen MR) is 98.8 cm³/mol. The number of halogens is 1. The van der Waals surface area contributed by atoms with Crippen molar-refractivity contribution in [3.63, 3.8) is 0 Å². The third-order valence-electron chi connectivity index (χ3n) is 3.33. The van der Waals surface area contributed by atoms with E-state index >= 15 is 0 Å². The Balaban J connectivity index is 1.82. The van der Waals surface area contributed by atoms with E-state index in [1.807, 2.05) is 42.5 Å². The summed E-state index contributed by atoms with van der Waals surface area (Å²) >= 11 is 5.91. The molecule has 0 spiro atoms. The van der Waals surface area contributed by atoms with Gasteiger partial charge in [-0.15, -0.1) is 0 Å². The lowest BCUT2D eigenvalue weighted by atomic mass is 10.1. The van der Waals surface area contributed by atoms with Crippen LogP contribution in [0.4, 0.5) is 17.2 Å². The number of benzene rings is 1. The van der Waals surface area contributed by atoms with Gasteiger partial charge in [0.1, 0.15) is 0 Å². The Morgan fingerprint density at radius 1 is 1.08 bits per heavy atom. The van der Waals surface area contributed by atoms with Crippen LogP contribution in [0.3, 0.4) is 0 Å². The molecule has 2 aromatic heterocycles. The van der Waals surface area contributed by atoms with E-state index in [2.05, 4.69) is 15.3 Å². The minimum atomic E-state index is -0.467. The van der Waals surface area contributed by atoms with Crippen LogP contribution in [0.15, 0.2) is 61.1 Å². The molecule has 0 saturated carbocycles. The number of pyridine rings is 2. The van der Waals surface area contributed by atoms with Gasteiger partial charge < -0.3 is 5.32 Å². The van der Waals surface area contributed by atoms with Crippen molar-refractivity contribution in [3.05, 3.63) is 87.3 Å². The lowest BCUT2D eigenvalue weighted by Gasteiger charge is -2.06. The van der Waals surface area contributed by atoms with E-state index in [0.717, 1.165) is 11.1 Å². The smallest absolute Gasteiger partial charge is 0.311 e. The summed E-state index contributed by atoms with van der Waals surface area (Å²) in [5.41, 5.74) is 2.43. The first-order valence-electron chi connectivity index (χ1n) is 7.37. The van der Waals surface area contributed by atoms with Crippen molar-refractivity contribution in [3.8, 4) is 0 Å². The average Bonchev–Trinajstić information content (AvgIpc) is 2.61. The molecule has 0 aliphatic heterocycles. The molecule has 0 atom stereocenters. The highest BCUT2D eigenvalue weighted by Crippen LogP contribution is 2.25. The average molecular weight is 353 g/mol. The summed E-state index contributed by atoms with van der Waals surface area (Å²) in [7, 11) is 0. The summed E-state index contributed by atoms with van der Waals surface area (Å²) in [5, 5.41) is 14.6. The highest BCUT2D eigenvalue weighted by molar-refractivity contribution is 6.30. The van der Waals surface area contributed by atoms with Crippen molar-refractivity contribution in [2.24, 2.45) is 0 Å². The maximum absolute atomic E-state index is 11.1. The molecule has 25 heavy (non-hydrogen) atoms. The number of anilines is 2. The fourth-order valence-corrected chi connectivity index (χ4v) is 2.39. The molecule has 6 nitrogen and oxygen atoms in total. The molecule has 1 N–H and O–H groups in total. The molecule has 1 aromatic carbocycles. The predicted octanol–water partition coefficient (Wildman–Crippen LogP) is 4.95. The van der Waals surface area contributed by atoms with Gasteiger partial charge in [0, 0.05) is 30.3 Å². The zero-order chi connectivity index (χ0) is 17.6. The molecule has 0 radical (unpaired) electrons. The third-order valence-corrected chi connectivity index (χ3v) is 3.53. The molecule has 0 amide bonds. The van der Waals surface area contributed by atoms with Crippen LogP contribution in [0, 0.1) is 10.1 Å². The molecule has 0 fully saturated rings. The molecule has 3 rings (SSSR count). The van der Waals surface area contributed by atoms with Gasteiger partial charge >= 0.3 is 5.69 Å². The SMILES string of the molecule is O=[N+]([O-])c1cccnc1Nc1cccc(C=Cc2cncc(Cl)c2)c1. The van der Waals surface area contributed by atoms with Gasteiger partial charge in [-0.05, 0) is 35.4 Å². The van der Waals surface area contributed by atoms with Crippen LogP contribution < -0.4 is 5.32 Å². The van der Waals surface area contributed by atoms with Crippen LogP contribution in [0.25, 0.3) is 12.2 Å². The second kappa shape index (κ2) is 7.55. The van der Waals surface area contributed by atoms with Crippen molar-refractivity contribution in [1.82, 2.24) is 9.97 Å². The number of aromatic nitrogens is 2. The zero-order valence-electron chi connectivity index (χ0n) is 13.0. The number of rotatable bonds is 5. The van der Waals surface area contributed by atoms with E-state index in [-0.39, 0.29) is 11.5 Å². The molecule has 0 aliphatic rings. The Kier molecular flexibility index (Phi) is 5.01. The number of hydrogen-bond donors (Lipinski definition) is 1. The molecule has 3 aromatic rings. The Bertz CT molecular complexity index is 944. The monoisotopic (exact) mass is 352 g/mol. The molecule has 0 bridgehead atoms. The molecular formula is C18H13ClN4O2. The van der Waals surface area contributed by atoms with Gasteiger partial charge in [0.2, 0.25) is 5.82 Å². The highest BCUT2D eigenvalue weighted by atomic mass is 35.5. The van der Waals surface area contributed by atoms with Crippen LogP contribution in [0.5, 0.6) is 0 Å². The maximum atomic E-state index is 11.1. The van der Waals surface area contributed by atoms with Gasteiger partial charge in [-0.1, -0.05) is 35.9 Å². The van der Waals surface area contributed by atoms with E-state index in [9.17, 15) is 10.1 Å². The van der Waals surface area contributed by atoms with Gasteiger partial charge in [-0.2, -0.15) is 0 Å². The van der Waals surface area contributed by atoms with Gasteiger partial charge in [-0.3, -0.25) is 15.1 Å². The standard InChI is InChI=1S/C18H13ClN4O2/c19-15-9-14(11-20-12-15)7-6-13-3-1-4-16(10-13)22-18-17(23(24)25)5-2-8-21-18/h1-12H,(H,21,22). The largest absolute Gasteiger partial charge is 0.334 e. The van der Waals surface area contributed by atoms with Gasteiger partial charge in [0.25, 0.3) is 0 Å². The molecule has 7 heteroatoms. The van der Waals surface area contributed by atoms with Gasteiger partial charge in [-0.25, -0.2) is 4.98 Å². The molecule has 0 unspecified atom stereocenters. The fraction of sp³-hybridized carbons (Fsp3) is 0. The first kappa shape index (κ1) is 16.6. The van der Waals surface area contributed by atoms with Crippen molar-refractivity contribution in [2.75, 3.05) is 5.32 Å². The minimum Gasteiger partial charge on any atom is -0.334 e. The number of nitrogens with zero attached hydrogens (tertiary/aromatic N) is 3. The molecule has 0 saturated heterocycles. The molecule has 2 heterocycles. The van der Waals surface area contributed by atoms with E-state index < -0.39 is 4.92 Å². The van der Waals surface area contributed by atoms with Crippen LogP contribution in [-0.4, -0.2) is 14.9 Å². The van der Waals surface area contributed by atoms with E-state index in [1.54, 1.807) is 12.4 Å². The molecule has 124 valence electrons. The summed E-state index contributed by atoms with van der Waals surface area (Å²) in [4.78, 5) is 18.7. The first-order valence-corrected chi connectivity index (χ1v) is 7.75. The Morgan fingerprint density at radius 3 is 2.72 bits per heavy atom. The second-order valence-electron chi connectivity index (χ2n) is 5.15. The summed E-state index contributed by atoms with van der Waals surface area (Å²) < 4.78 is 0. The summed E-state index contributed by atoms with van der Waals surface area (Å²) in [6.45, 7) is 0.